The number of carbonyl (C=O) groups excluding carboxylic acids is 1. The number of pyridine rings is 1. The van der Waals surface area contributed by atoms with Crippen LogP contribution >= 0.6 is 0 Å². The van der Waals surface area contributed by atoms with Gasteiger partial charge in [-0.1, -0.05) is 36.4 Å². The predicted octanol–water partition coefficient (Wildman–Crippen LogP) is 3.58. The first-order valence-corrected chi connectivity index (χ1v) is 7.69. The third-order valence-electron chi connectivity index (χ3n) is 4.24. The molecular weight excluding hydrogens is 284 g/mol. The molecule has 2 aromatic carbocycles. The van der Waals surface area contributed by atoms with E-state index in [4.69, 9.17) is 0 Å². The molecular formula is C20H16N2O. The van der Waals surface area contributed by atoms with Gasteiger partial charge in [-0.05, 0) is 52.4 Å². The lowest BCUT2D eigenvalue weighted by Gasteiger charge is -2.07. The number of fused-ring (bicyclic) bond motifs is 3. The van der Waals surface area contributed by atoms with E-state index in [0.717, 1.165) is 12.0 Å². The average molecular weight is 300 g/mol. The molecule has 3 heteroatoms. The number of benzene rings is 2. The second kappa shape index (κ2) is 5.69. The first kappa shape index (κ1) is 13.7. The molecule has 0 unspecified atom stereocenters. The average Bonchev–Trinajstić information content (AvgIpc) is 2.98. The van der Waals surface area contributed by atoms with Crippen molar-refractivity contribution in [3.8, 4) is 11.1 Å². The van der Waals surface area contributed by atoms with Crippen molar-refractivity contribution in [2.45, 2.75) is 13.0 Å². The van der Waals surface area contributed by atoms with Crippen molar-refractivity contribution < 1.29 is 4.79 Å². The molecule has 1 amide bonds. The van der Waals surface area contributed by atoms with Gasteiger partial charge in [0.05, 0.1) is 0 Å². The van der Waals surface area contributed by atoms with Gasteiger partial charge < -0.3 is 5.32 Å². The molecule has 1 aliphatic carbocycles. The number of rotatable bonds is 3. The Bertz CT molecular complexity index is 872. The molecule has 0 saturated heterocycles. The van der Waals surface area contributed by atoms with Crippen LogP contribution in [0.2, 0.25) is 0 Å². The quantitative estimate of drug-likeness (QED) is 0.628. The van der Waals surface area contributed by atoms with Crippen molar-refractivity contribution in [1.29, 1.82) is 0 Å². The number of hydrogen-bond acceptors (Lipinski definition) is 2. The Morgan fingerprint density at radius 2 is 1.87 bits per heavy atom. The smallest absolute Gasteiger partial charge is 0.251 e. The van der Waals surface area contributed by atoms with Crippen LogP contribution in [0.5, 0.6) is 0 Å². The molecule has 3 nitrogen and oxygen atoms in total. The fourth-order valence-corrected chi connectivity index (χ4v) is 3.05. The zero-order valence-electron chi connectivity index (χ0n) is 12.6. The molecule has 23 heavy (non-hydrogen) atoms. The summed E-state index contributed by atoms with van der Waals surface area (Å²) >= 11 is 0. The highest BCUT2D eigenvalue weighted by Gasteiger charge is 2.19. The highest BCUT2D eigenvalue weighted by atomic mass is 16.1. The van der Waals surface area contributed by atoms with Gasteiger partial charge in [-0.3, -0.25) is 9.78 Å². The Kier molecular flexibility index (Phi) is 3.39. The fourth-order valence-electron chi connectivity index (χ4n) is 3.05. The van der Waals surface area contributed by atoms with E-state index in [1.165, 1.54) is 22.3 Å². The fraction of sp³-hybridized carbons (Fsp3) is 0.100. The van der Waals surface area contributed by atoms with Crippen LogP contribution in [0, 0.1) is 0 Å². The van der Waals surface area contributed by atoms with Crippen LogP contribution in [0.15, 0.2) is 67.0 Å². The van der Waals surface area contributed by atoms with Crippen LogP contribution in [0.25, 0.3) is 11.1 Å². The van der Waals surface area contributed by atoms with E-state index in [1.54, 1.807) is 12.4 Å². The minimum Gasteiger partial charge on any atom is -0.348 e. The number of carbonyl (C=O) groups is 1. The Morgan fingerprint density at radius 1 is 1.00 bits per heavy atom. The van der Waals surface area contributed by atoms with Crippen LogP contribution in [-0.2, 0) is 13.0 Å². The Hall–Kier alpha value is -2.94. The molecule has 1 heterocycles. The highest BCUT2D eigenvalue weighted by molar-refractivity contribution is 5.96. The van der Waals surface area contributed by atoms with Gasteiger partial charge in [-0.25, -0.2) is 0 Å². The maximum Gasteiger partial charge on any atom is 0.251 e. The molecule has 0 saturated carbocycles. The number of hydrogen-bond donors (Lipinski definition) is 1. The van der Waals surface area contributed by atoms with Crippen molar-refractivity contribution >= 4 is 5.91 Å². The monoisotopic (exact) mass is 300 g/mol. The molecule has 4 rings (SSSR count). The summed E-state index contributed by atoms with van der Waals surface area (Å²) in [6.45, 7) is 0.486. The second-order valence-electron chi connectivity index (χ2n) is 5.75. The van der Waals surface area contributed by atoms with E-state index < -0.39 is 0 Å². The van der Waals surface area contributed by atoms with Gasteiger partial charge in [-0.2, -0.15) is 0 Å². The number of aromatic nitrogens is 1. The standard InChI is InChI=1S/C20H16N2O/c23-20(22-13-14-4-3-9-21-12-14)17-8-7-16-10-15-5-1-2-6-18(15)19(16)11-17/h1-9,11-12H,10,13H2,(H,22,23). The summed E-state index contributed by atoms with van der Waals surface area (Å²) in [6, 6.07) is 18.2. The van der Waals surface area contributed by atoms with Gasteiger partial charge >= 0.3 is 0 Å². The number of amides is 1. The van der Waals surface area contributed by atoms with Crippen LogP contribution < -0.4 is 5.32 Å². The molecule has 1 aliphatic rings. The van der Waals surface area contributed by atoms with Crippen molar-refractivity contribution in [2.24, 2.45) is 0 Å². The van der Waals surface area contributed by atoms with Gasteiger partial charge in [0.1, 0.15) is 0 Å². The summed E-state index contributed by atoms with van der Waals surface area (Å²) in [7, 11) is 0. The maximum atomic E-state index is 12.4. The molecule has 0 aliphatic heterocycles. The van der Waals surface area contributed by atoms with E-state index in [9.17, 15) is 4.79 Å². The number of nitrogens with one attached hydrogen (secondary N) is 1. The molecule has 1 N–H and O–H groups in total. The van der Waals surface area contributed by atoms with E-state index in [0.29, 0.717) is 12.1 Å². The normalized spacial score (nSPS) is 11.7. The lowest BCUT2D eigenvalue weighted by Crippen LogP contribution is -2.22. The first-order valence-electron chi connectivity index (χ1n) is 7.69. The van der Waals surface area contributed by atoms with E-state index in [2.05, 4.69) is 34.6 Å². The zero-order chi connectivity index (χ0) is 15.6. The molecule has 3 aromatic rings. The third kappa shape index (κ3) is 2.61. The first-order chi connectivity index (χ1) is 11.3. The topological polar surface area (TPSA) is 42.0 Å². The lowest BCUT2D eigenvalue weighted by molar-refractivity contribution is 0.0951. The lowest BCUT2D eigenvalue weighted by atomic mass is 10.0. The van der Waals surface area contributed by atoms with Crippen LogP contribution in [0.3, 0.4) is 0 Å². The molecule has 0 spiro atoms. The Morgan fingerprint density at radius 3 is 2.74 bits per heavy atom. The predicted molar refractivity (Wildman–Crippen MR) is 90.1 cm³/mol. The van der Waals surface area contributed by atoms with Gasteiger partial charge in [0, 0.05) is 24.5 Å². The Labute approximate surface area is 135 Å². The molecule has 1 aromatic heterocycles. The largest absolute Gasteiger partial charge is 0.348 e. The summed E-state index contributed by atoms with van der Waals surface area (Å²) in [5, 5.41) is 2.95. The minimum absolute atomic E-state index is 0.0546. The SMILES string of the molecule is O=C(NCc1cccnc1)c1ccc2c(c1)-c1ccccc1C2. The van der Waals surface area contributed by atoms with E-state index >= 15 is 0 Å². The van der Waals surface area contributed by atoms with Gasteiger partial charge in [0.25, 0.3) is 5.91 Å². The minimum atomic E-state index is -0.0546. The maximum absolute atomic E-state index is 12.4. The molecule has 112 valence electrons. The summed E-state index contributed by atoms with van der Waals surface area (Å²) in [6.07, 6.45) is 4.44. The molecule has 0 fully saturated rings. The zero-order valence-corrected chi connectivity index (χ0v) is 12.6. The van der Waals surface area contributed by atoms with Crippen molar-refractivity contribution in [3.63, 3.8) is 0 Å². The Balaban J connectivity index is 1.56. The summed E-state index contributed by atoms with van der Waals surface area (Å²) < 4.78 is 0. The van der Waals surface area contributed by atoms with Gasteiger partial charge in [0.15, 0.2) is 0 Å². The van der Waals surface area contributed by atoms with Crippen LogP contribution in [-0.4, -0.2) is 10.9 Å². The van der Waals surface area contributed by atoms with Gasteiger partial charge in [-0.15, -0.1) is 0 Å². The van der Waals surface area contributed by atoms with Crippen LogP contribution in [0.1, 0.15) is 27.0 Å². The van der Waals surface area contributed by atoms with E-state index in [-0.39, 0.29) is 5.91 Å². The van der Waals surface area contributed by atoms with Crippen LogP contribution in [0.4, 0.5) is 0 Å². The molecule has 0 radical (unpaired) electrons. The van der Waals surface area contributed by atoms with Crippen molar-refractivity contribution in [2.75, 3.05) is 0 Å². The van der Waals surface area contributed by atoms with Crippen molar-refractivity contribution in [3.05, 3.63) is 89.2 Å². The molecule has 0 bridgehead atoms. The number of nitrogens with zero attached hydrogens (tertiary/aromatic N) is 1. The second-order valence-corrected chi connectivity index (χ2v) is 5.75. The summed E-state index contributed by atoms with van der Waals surface area (Å²) in [4.78, 5) is 16.5. The molecule has 0 atom stereocenters. The summed E-state index contributed by atoms with van der Waals surface area (Å²) in [5.41, 5.74) is 6.72. The van der Waals surface area contributed by atoms with Gasteiger partial charge in [0.2, 0.25) is 0 Å². The highest BCUT2D eigenvalue weighted by Crippen LogP contribution is 2.36. The van der Waals surface area contributed by atoms with E-state index in [1.807, 2.05) is 30.3 Å². The summed E-state index contributed by atoms with van der Waals surface area (Å²) in [5.74, 6) is -0.0546. The van der Waals surface area contributed by atoms with Crippen molar-refractivity contribution in [1.82, 2.24) is 10.3 Å². The third-order valence-corrected chi connectivity index (χ3v) is 4.24.